The molecule has 0 atom stereocenters. The minimum absolute atomic E-state index is 0.697. The maximum Gasteiger partial charge on any atom is 0.0991 e. The molecule has 1 aromatic carbocycles. The Morgan fingerprint density at radius 1 is 1.08 bits per heavy atom. The van der Waals surface area contributed by atoms with E-state index in [1.807, 2.05) is 12.1 Å². The highest BCUT2D eigenvalue weighted by Gasteiger charge is 2.21. The van der Waals surface area contributed by atoms with Crippen molar-refractivity contribution in [2.45, 2.75) is 64.2 Å². The Bertz CT molecular complexity index is 518. The average molecular weight is 325 g/mol. The average Bonchev–Trinajstić information content (AvgIpc) is 2.64. The van der Waals surface area contributed by atoms with Gasteiger partial charge in [-0.3, -0.25) is 0 Å². The van der Waals surface area contributed by atoms with Gasteiger partial charge in [-0.25, -0.2) is 0 Å². The van der Waals surface area contributed by atoms with E-state index in [-0.39, 0.29) is 0 Å². The van der Waals surface area contributed by atoms with Gasteiger partial charge >= 0.3 is 0 Å². The molecular formula is C22H31NO. The van der Waals surface area contributed by atoms with Gasteiger partial charge in [0.05, 0.1) is 18.2 Å². The van der Waals surface area contributed by atoms with Gasteiger partial charge in [-0.15, -0.1) is 0 Å². The SMILES string of the molecule is CC/C=C/COCCCCC1CCC(c2ccc(C#N)cc2)CC1. The minimum Gasteiger partial charge on any atom is -0.377 e. The number of benzene rings is 1. The second-order valence-corrected chi connectivity index (χ2v) is 6.90. The van der Waals surface area contributed by atoms with Crippen molar-refractivity contribution < 1.29 is 4.74 Å². The summed E-state index contributed by atoms with van der Waals surface area (Å²) in [6.45, 7) is 3.81. The number of hydrogen-bond acceptors (Lipinski definition) is 2. The number of ether oxygens (including phenoxy) is 1. The van der Waals surface area contributed by atoms with E-state index in [2.05, 4.69) is 37.3 Å². The third-order valence-corrected chi connectivity index (χ3v) is 5.13. The molecule has 1 fully saturated rings. The van der Waals surface area contributed by atoms with E-state index >= 15 is 0 Å². The normalized spacial score (nSPS) is 21.0. The highest BCUT2D eigenvalue weighted by Crippen LogP contribution is 2.37. The number of hydrogen-bond donors (Lipinski definition) is 0. The van der Waals surface area contributed by atoms with E-state index in [1.54, 1.807) is 0 Å². The van der Waals surface area contributed by atoms with Crippen LogP contribution in [-0.2, 0) is 4.74 Å². The molecular weight excluding hydrogens is 294 g/mol. The fraction of sp³-hybridized carbons (Fsp3) is 0.591. The molecule has 2 rings (SSSR count). The summed E-state index contributed by atoms with van der Waals surface area (Å²) in [5, 5.41) is 8.89. The van der Waals surface area contributed by atoms with Crippen LogP contribution in [0.2, 0.25) is 0 Å². The van der Waals surface area contributed by atoms with E-state index in [4.69, 9.17) is 10.00 Å². The van der Waals surface area contributed by atoms with Crippen LogP contribution in [0.5, 0.6) is 0 Å². The molecule has 0 amide bonds. The van der Waals surface area contributed by atoms with Gasteiger partial charge in [0, 0.05) is 6.61 Å². The first-order valence-electron chi connectivity index (χ1n) is 9.56. The summed E-state index contributed by atoms with van der Waals surface area (Å²) in [6, 6.07) is 10.4. The van der Waals surface area contributed by atoms with Crippen molar-refractivity contribution in [1.29, 1.82) is 5.26 Å². The number of nitriles is 1. The maximum absolute atomic E-state index is 8.89. The minimum atomic E-state index is 0.697. The van der Waals surface area contributed by atoms with Crippen LogP contribution < -0.4 is 0 Å². The van der Waals surface area contributed by atoms with Crippen LogP contribution in [0.15, 0.2) is 36.4 Å². The van der Waals surface area contributed by atoms with Gasteiger partial charge in [0.25, 0.3) is 0 Å². The number of allylic oxidation sites excluding steroid dienone is 1. The lowest BCUT2D eigenvalue weighted by Gasteiger charge is -2.29. The fourth-order valence-electron chi connectivity index (χ4n) is 3.64. The third-order valence-electron chi connectivity index (χ3n) is 5.13. The van der Waals surface area contributed by atoms with Crippen LogP contribution in [0, 0.1) is 17.2 Å². The van der Waals surface area contributed by atoms with Crippen LogP contribution in [0.4, 0.5) is 0 Å². The lowest BCUT2D eigenvalue weighted by atomic mass is 9.77. The van der Waals surface area contributed by atoms with Gasteiger partial charge < -0.3 is 4.74 Å². The second kappa shape index (κ2) is 11.0. The van der Waals surface area contributed by atoms with Crippen molar-refractivity contribution in [3.8, 4) is 6.07 Å². The number of nitrogens with zero attached hydrogens (tertiary/aromatic N) is 1. The highest BCUT2D eigenvalue weighted by molar-refractivity contribution is 5.33. The summed E-state index contributed by atoms with van der Waals surface area (Å²) in [5.74, 6) is 1.60. The lowest BCUT2D eigenvalue weighted by Crippen LogP contribution is -2.13. The van der Waals surface area contributed by atoms with E-state index in [9.17, 15) is 0 Å². The summed E-state index contributed by atoms with van der Waals surface area (Å²) >= 11 is 0. The molecule has 0 aromatic heterocycles. The molecule has 24 heavy (non-hydrogen) atoms. The van der Waals surface area contributed by atoms with Gasteiger partial charge in [-0.05, 0) is 68.1 Å². The zero-order valence-corrected chi connectivity index (χ0v) is 15.0. The van der Waals surface area contributed by atoms with Crippen LogP contribution in [0.25, 0.3) is 0 Å². The number of unbranched alkanes of at least 4 members (excludes halogenated alkanes) is 1. The van der Waals surface area contributed by atoms with Crippen LogP contribution in [-0.4, -0.2) is 13.2 Å². The van der Waals surface area contributed by atoms with E-state index in [0.717, 1.165) is 31.1 Å². The summed E-state index contributed by atoms with van der Waals surface area (Å²) in [5.41, 5.74) is 2.18. The van der Waals surface area contributed by atoms with Crippen molar-refractivity contribution in [2.24, 2.45) is 5.92 Å². The Labute approximate surface area is 147 Å². The van der Waals surface area contributed by atoms with Gasteiger partial charge in [0.1, 0.15) is 0 Å². The number of rotatable bonds is 9. The van der Waals surface area contributed by atoms with Gasteiger partial charge in [0.15, 0.2) is 0 Å². The molecule has 0 N–H and O–H groups in total. The third kappa shape index (κ3) is 6.49. The van der Waals surface area contributed by atoms with Crippen LogP contribution >= 0.6 is 0 Å². The zero-order valence-electron chi connectivity index (χ0n) is 15.0. The summed E-state index contributed by atoms with van der Waals surface area (Å²) < 4.78 is 5.61. The summed E-state index contributed by atoms with van der Waals surface area (Å²) in [6.07, 6.45) is 14.5. The predicted molar refractivity (Wildman–Crippen MR) is 100.0 cm³/mol. The quantitative estimate of drug-likeness (QED) is 0.413. The van der Waals surface area contributed by atoms with Crippen molar-refractivity contribution >= 4 is 0 Å². The predicted octanol–water partition coefficient (Wildman–Crippen LogP) is 5.99. The Balaban J connectivity index is 1.57. The molecule has 1 aliphatic rings. The molecule has 0 aliphatic heterocycles. The molecule has 1 saturated carbocycles. The first kappa shape index (κ1) is 18.7. The Kier molecular flexibility index (Phi) is 8.63. The molecule has 0 bridgehead atoms. The topological polar surface area (TPSA) is 33.0 Å². The van der Waals surface area contributed by atoms with Gasteiger partial charge in [-0.1, -0.05) is 44.1 Å². The molecule has 0 radical (unpaired) electrons. The Morgan fingerprint density at radius 3 is 2.50 bits per heavy atom. The molecule has 1 aromatic rings. The van der Waals surface area contributed by atoms with Crippen LogP contribution in [0.1, 0.15) is 75.3 Å². The van der Waals surface area contributed by atoms with Crippen molar-refractivity contribution in [2.75, 3.05) is 13.2 Å². The van der Waals surface area contributed by atoms with E-state index < -0.39 is 0 Å². The molecule has 0 unspecified atom stereocenters. The lowest BCUT2D eigenvalue weighted by molar-refractivity contribution is 0.154. The molecule has 1 aliphatic carbocycles. The monoisotopic (exact) mass is 325 g/mol. The molecule has 0 heterocycles. The van der Waals surface area contributed by atoms with Crippen molar-refractivity contribution in [3.05, 3.63) is 47.5 Å². The van der Waals surface area contributed by atoms with Gasteiger partial charge in [0.2, 0.25) is 0 Å². The molecule has 0 spiro atoms. The summed E-state index contributed by atoms with van der Waals surface area (Å²) in [4.78, 5) is 0. The van der Waals surface area contributed by atoms with Crippen LogP contribution in [0.3, 0.4) is 0 Å². The molecule has 2 nitrogen and oxygen atoms in total. The zero-order chi connectivity index (χ0) is 17.0. The molecule has 0 saturated heterocycles. The van der Waals surface area contributed by atoms with Crippen molar-refractivity contribution in [1.82, 2.24) is 0 Å². The second-order valence-electron chi connectivity index (χ2n) is 6.90. The van der Waals surface area contributed by atoms with E-state index in [1.165, 1.54) is 50.5 Å². The Hall–Kier alpha value is -1.59. The van der Waals surface area contributed by atoms with Crippen molar-refractivity contribution in [3.63, 3.8) is 0 Å². The smallest absolute Gasteiger partial charge is 0.0991 e. The highest BCUT2D eigenvalue weighted by atomic mass is 16.5. The largest absolute Gasteiger partial charge is 0.377 e. The molecule has 2 heteroatoms. The van der Waals surface area contributed by atoms with E-state index in [0.29, 0.717) is 5.92 Å². The van der Waals surface area contributed by atoms with Gasteiger partial charge in [-0.2, -0.15) is 5.26 Å². The summed E-state index contributed by atoms with van der Waals surface area (Å²) in [7, 11) is 0. The fourth-order valence-corrected chi connectivity index (χ4v) is 3.64. The first-order valence-corrected chi connectivity index (χ1v) is 9.56. The first-order chi connectivity index (χ1) is 11.8. The Morgan fingerprint density at radius 2 is 1.83 bits per heavy atom. The molecule has 130 valence electrons. The standard InChI is InChI=1S/C22H31NO/c1-2-3-5-16-24-17-6-4-7-19-8-12-21(13-9-19)22-14-10-20(18-23)11-15-22/h3,5,10-11,14-15,19,21H,2,4,6-9,12-13,16-17H2,1H3/b5-3+. The maximum atomic E-state index is 8.89.